The van der Waals surface area contributed by atoms with Gasteiger partial charge in [0.1, 0.15) is 0 Å². The zero-order valence-electron chi connectivity index (χ0n) is 20.3. The van der Waals surface area contributed by atoms with Gasteiger partial charge in [-0.05, 0) is 42.6 Å². The lowest BCUT2D eigenvalue weighted by Gasteiger charge is -2.28. The monoisotopic (exact) mass is 525 g/mol. The molecule has 0 unspecified atom stereocenters. The predicted molar refractivity (Wildman–Crippen MR) is 137 cm³/mol. The summed E-state index contributed by atoms with van der Waals surface area (Å²) in [5, 5.41) is 1.32. The van der Waals surface area contributed by atoms with Gasteiger partial charge in [-0.2, -0.15) is 0 Å². The maximum Gasteiger partial charge on any atom is 0.265 e. The molecular weight excluding hydrogens is 500 g/mol. The number of carbonyl (C=O) groups excluding carboxylic acids is 1. The third-order valence-corrected chi connectivity index (χ3v) is 7.83. The number of pyridine rings is 1. The van der Waals surface area contributed by atoms with Crippen LogP contribution in [0.5, 0.6) is 5.88 Å². The highest BCUT2D eigenvalue weighted by Crippen LogP contribution is 2.29. The van der Waals surface area contributed by atoms with Crippen LogP contribution in [0.1, 0.15) is 17.3 Å². The zero-order chi connectivity index (χ0) is 26.6. The molecule has 0 aliphatic carbocycles. The molecule has 1 aromatic heterocycles. The summed E-state index contributed by atoms with van der Waals surface area (Å²) in [4.78, 5) is 18.6. The minimum Gasteiger partial charge on any atom is -0.481 e. The van der Waals surface area contributed by atoms with Crippen LogP contribution in [0.25, 0.3) is 10.8 Å². The van der Waals surface area contributed by atoms with Crippen LogP contribution in [0.4, 0.5) is 14.5 Å². The first-order valence-electron chi connectivity index (χ1n) is 11.5. The van der Waals surface area contributed by atoms with Crippen LogP contribution in [-0.2, 0) is 10.0 Å². The van der Waals surface area contributed by atoms with Gasteiger partial charge in [-0.15, -0.1) is 0 Å². The normalized spacial score (nSPS) is 11.4. The van der Waals surface area contributed by atoms with Crippen LogP contribution < -0.4 is 9.04 Å². The molecule has 37 heavy (non-hydrogen) atoms. The lowest BCUT2D eigenvalue weighted by Crippen LogP contribution is -2.41. The number of hydrogen-bond donors (Lipinski definition) is 0. The number of ether oxygens (including phenoxy) is 1. The van der Waals surface area contributed by atoms with E-state index in [1.54, 1.807) is 37.3 Å². The summed E-state index contributed by atoms with van der Waals surface area (Å²) in [6.07, 6.45) is 1.38. The van der Waals surface area contributed by atoms with Crippen molar-refractivity contribution in [3.05, 3.63) is 96.2 Å². The molecule has 0 spiro atoms. The van der Waals surface area contributed by atoms with Crippen molar-refractivity contribution < 1.29 is 26.7 Å². The summed E-state index contributed by atoms with van der Waals surface area (Å²) in [5.41, 5.74) is 0.250. The minimum atomic E-state index is -4.10. The number of nitrogens with zero attached hydrogens (tertiary/aromatic N) is 3. The first kappa shape index (κ1) is 26.0. The van der Waals surface area contributed by atoms with Crippen LogP contribution in [-0.4, -0.2) is 51.0 Å². The molecule has 4 rings (SSSR count). The summed E-state index contributed by atoms with van der Waals surface area (Å²) in [7, 11) is -2.65. The van der Waals surface area contributed by atoms with Gasteiger partial charge in [0, 0.05) is 30.1 Å². The molecule has 0 fully saturated rings. The van der Waals surface area contributed by atoms with Gasteiger partial charge in [0.15, 0.2) is 11.6 Å². The Morgan fingerprint density at radius 1 is 0.946 bits per heavy atom. The molecule has 1 amide bonds. The van der Waals surface area contributed by atoms with Crippen LogP contribution in [0.3, 0.4) is 0 Å². The fourth-order valence-corrected chi connectivity index (χ4v) is 5.65. The predicted octanol–water partition coefficient (Wildman–Crippen LogP) is 4.88. The average molecular weight is 526 g/mol. The topological polar surface area (TPSA) is 79.8 Å². The molecule has 3 aromatic carbocycles. The maximum absolute atomic E-state index is 14.0. The van der Waals surface area contributed by atoms with E-state index in [4.69, 9.17) is 4.74 Å². The Balaban J connectivity index is 1.70. The van der Waals surface area contributed by atoms with Crippen molar-refractivity contribution in [3.8, 4) is 5.88 Å². The Kier molecular flexibility index (Phi) is 7.68. The molecule has 0 aliphatic rings. The molecule has 7 nitrogen and oxygen atoms in total. The van der Waals surface area contributed by atoms with E-state index in [2.05, 4.69) is 4.98 Å². The smallest absolute Gasteiger partial charge is 0.265 e. The van der Waals surface area contributed by atoms with E-state index in [0.29, 0.717) is 11.3 Å². The Morgan fingerprint density at radius 2 is 1.70 bits per heavy atom. The number of amides is 1. The summed E-state index contributed by atoms with van der Waals surface area (Å²) in [5.74, 6) is -2.42. The van der Waals surface area contributed by atoms with E-state index < -0.39 is 27.6 Å². The van der Waals surface area contributed by atoms with Crippen molar-refractivity contribution in [2.75, 3.05) is 31.0 Å². The van der Waals surface area contributed by atoms with Gasteiger partial charge in [0.2, 0.25) is 5.88 Å². The van der Waals surface area contributed by atoms with Crippen molar-refractivity contribution >= 4 is 32.4 Å². The quantitative estimate of drug-likeness (QED) is 0.311. The molecule has 10 heteroatoms. The number of halogens is 2. The largest absolute Gasteiger partial charge is 0.481 e. The van der Waals surface area contributed by atoms with E-state index in [0.717, 1.165) is 17.5 Å². The van der Waals surface area contributed by atoms with Crippen LogP contribution in [0.2, 0.25) is 0 Å². The van der Waals surface area contributed by atoms with Gasteiger partial charge in [-0.25, -0.2) is 22.2 Å². The number of methoxy groups -OCH3 is 1. The number of anilines is 1. The summed E-state index contributed by atoms with van der Waals surface area (Å²) >= 11 is 0. The molecule has 0 saturated heterocycles. The molecule has 4 aromatic rings. The number of benzene rings is 3. The lowest BCUT2D eigenvalue weighted by molar-refractivity contribution is 0.0768. The Bertz CT molecular complexity index is 1520. The van der Waals surface area contributed by atoms with E-state index in [-0.39, 0.29) is 35.8 Å². The molecule has 0 aliphatic heterocycles. The Labute approximate surface area is 214 Å². The second kappa shape index (κ2) is 10.9. The van der Waals surface area contributed by atoms with Gasteiger partial charge < -0.3 is 9.64 Å². The Morgan fingerprint density at radius 3 is 2.38 bits per heavy atom. The fraction of sp³-hybridized carbons (Fsp3) is 0.185. The van der Waals surface area contributed by atoms with Crippen LogP contribution >= 0.6 is 0 Å². The highest BCUT2D eigenvalue weighted by atomic mass is 32.2. The molecular formula is C27H25F2N3O4S. The molecule has 0 atom stereocenters. The number of sulfonamides is 1. The number of likely N-dealkylation sites (N-methyl/N-ethyl adjacent to an activating group) is 1. The number of hydrogen-bond acceptors (Lipinski definition) is 5. The molecule has 192 valence electrons. The fourth-order valence-electron chi connectivity index (χ4n) is 3.99. The van der Waals surface area contributed by atoms with Crippen molar-refractivity contribution in [2.45, 2.75) is 11.8 Å². The SMILES string of the molecule is CCN(CCN(c1ccc(OC)nc1)S(=O)(=O)c1cccc2ccccc12)C(=O)c1ccc(F)c(F)c1. The molecule has 0 N–H and O–H groups in total. The van der Waals surface area contributed by atoms with E-state index in [1.807, 2.05) is 18.2 Å². The second-order valence-corrected chi connectivity index (χ2v) is 9.96. The zero-order valence-corrected chi connectivity index (χ0v) is 21.1. The summed E-state index contributed by atoms with van der Waals surface area (Å²) in [6.45, 7) is 1.82. The Hall–Kier alpha value is -4.05. The van der Waals surface area contributed by atoms with Gasteiger partial charge in [-0.3, -0.25) is 9.10 Å². The van der Waals surface area contributed by atoms with Crippen molar-refractivity contribution in [2.24, 2.45) is 0 Å². The van der Waals surface area contributed by atoms with Gasteiger partial charge >= 0.3 is 0 Å². The number of fused-ring (bicyclic) bond motifs is 1. The van der Waals surface area contributed by atoms with Gasteiger partial charge in [0.05, 0.1) is 30.4 Å². The van der Waals surface area contributed by atoms with Crippen LogP contribution in [0, 0.1) is 11.6 Å². The molecule has 0 saturated carbocycles. The number of rotatable bonds is 9. The van der Waals surface area contributed by atoms with Gasteiger partial charge in [0.25, 0.3) is 15.9 Å². The lowest BCUT2D eigenvalue weighted by atomic mass is 10.1. The maximum atomic E-state index is 14.0. The highest BCUT2D eigenvalue weighted by molar-refractivity contribution is 7.93. The van der Waals surface area contributed by atoms with E-state index >= 15 is 0 Å². The van der Waals surface area contributed by atoms with E-state index in [9.17, 15) is 22.0 Å². The second-order valence-electron chi connectivity index (χ2n) is 8.13. The van der Waals surface area contributed by atoms with E-state index in [1.165, 1.54) is 34.6 Å². The summed E-state index contributed by atoms with van der Waals surface area (Å²) < 4.78 is 61.4. The van der Waals surface area contributed by atoms with Crippen molar-refractivity contribution in [1.29, 1.82) is 0 Å². The third kappa shape index (κ3) is 5.39. The third-order valence-electron chi connectivity index (χ3n) is 5.94. The number of carbonyl (C=O) groups is 1. The number of aromatic nitrogens is 1. The standard InChI is InChI=1S/C27H25F2N3O4S/c1-3-31(27(33)20-11-13-23(28)24(29)17-20)15-16-32(21-12-14-26(36-2)30-18-21)37(34,35)25-10-6-8-19-7-4-5-9-22(19)25/h4-14,17-18H,3,15-16H2,1-2H3. The highest BCUT2D eigenvalue weighted by Gasteiger charge is 2.28. The molecule has 1 heterocycles. The molecule has 0 radical (unpaired) electrons. The first-order chi connectivity index (χ1) is 17.8. The minimum absolute atomic E-state index is 0.00957. The molecule has 0 bridgehead atoms. The first-order valence-corrected chi connectivity index (χ1v) is 12.9. The average Bonchev–Trinajstić information content (AvgIpc) is 2.92. The van der Waals surface area contributed by atoms with Crippen LogP contribution in [0.15, 0.2) is 83.9 Å². The van der Waals surface area contributed by atoms with Crippen molar-refractivity contribution in [3.63, 3.8) is 0 Å². The van der Waals surface area contributed by atoms with Crippen molar-refractivity contribution in [1.82, 2.24) is 9.88 Å². The summed E-state index contributed by atoms with van der Waals surface area (Å²) in [6, 6.07) is 18.2. The van der Waals surface area contributed by atoms with Gasteiger partial charge in [-0.1, -0.05) is 36.4 Å².